The van der Waals surface area contributed by atoms with E-state index in [0.717, 1.165) is 24.6 Å². The highest BCUT2D eigenvalue weighted by atomic mass is 32.1. The van der Waals surface area contributed by atoms with Crippen molar-refractivity contribution in [1.29, 1.82) is 0 Å². The molecule has 0 saturated heterocycles. The molecule has 2 N–H and O–H groups in total. The van der Waals surface area contributed by atoms with Crippen molar-refractivity contribution in [3.8, 4) is 0 Å². The molecule has 0 spiro atoms. The van der Waals surface area contributed by atoms with E-state index >= 15 is 0 Å². The van der Waals surface area contributed by atoms with Gasteiger partial charge in [-0.1, -0.05) is 19.3 Å². The largest absolute Gasteiger partial charge is 0.355 e. The Hall–Kier alpha value is -1.17. The first kappa shape index (κ1) is 12.8. The molecule has 0 bridgehead atoms. The van der Waals surface area contributed by atoms with Crippen LogP contribution in [-0.4, -0.2) is 27.2 Å². The Labute approximate surface area is 117 Å². The summed E-state index contributed by atoms with van der Waals surface area (Å²) in [5.41, 5.74) is 0. The number of hydrogen-bond acceptors (Lipinski definition) is 3. The van der Waals surface area contributed by atoms with Gasteiger partial charge in [-0.15, -0.1) is 0 Å². The summed E-state index contributed by atoms with van der Waals surface area (Å²) in [6, 6.07) is 0. The van der Waals surface area contributed by atoms with E-state index in [1.165, 1.54) is 19.3 Å². The number of aromatic nitrogens is 3. The molecule has 2 aliphatic rings. The smallest absolute Gasteiger partial charge is 0.223 e. The molecule has 1 aromatic heterocycles. The second-order valence-electron chi connectivity index (χ2n) is 5.74. The molecular weight excluding hydrogens is 260 g/mol. The third-order valence-electron chi connectivity index (χ3n) is 4.55. The number of rotatable bonds is 5. The van der Waals surface area contributed by atoms with E-state index in [1.54, 1.807) is 0 Å². The van der Waals surface area contributed by atoms with Gasteiger partial charge in [-0.2, -0.15) is 5.10 Å². The van der Waals surface area contributed by atoms with Gasteiger partial charge < -0.3 is 9.88 Å². The average Bonchev–Trinajstić information content (AvgIpc) is 3.03. The fourth-order valence-corrected chi connectivity index (χ4v) is 3.09. The highest BCUT2D eigenvalue weighted by molar-refractivity contribution is 7.71. The topological polar surface area (TPSA) is 62.7 Å². The number of H-pyrrole nitrogens is 1. The van der Waals surface area contributed by atoms with E-state index in [2.05, 4.69) is 15.5 Å². The number of nitrogens with zero attached hydrogens (tertiary/aromatic N) is 2. The molecule has 0 unspecified atom stereocenters. The fourth-order valence-electron chi connectivity index (χ4n) is 2.94. The molecular formula is C13H20N4OS. The van der Waals surface area contributed by atoms with Gasteiger partial charge in [0.2, 0.25) is 5.91 Å². The first-order chi connectivity index (χ1) is 9.16. The Balaban J connectivity index is 1.42. The third-order valence-corrected chi connectivity index (χ3v) is 4.92. The van der Waals surface area contributed by atoms with E-state index < -0.39 is 0 Å². The molecule has 2 atom stereocenters. The zero-order valence-corrected chi connectivity index (χ0v) is 12.0. The van der Waals surface area contributed by atoms with E-state index in [-0.39, 0.29) is 11.8 Å². The molecule has 0 aliphatic heterocycles. The number of hydrogen-bond donors (Lipinski definition) is 2. The second-order valence-corrected chi connectivity index (χ2v) is 6.13. The van der Waals surface area contributed by atoms with Crippen LogP contribution in [0, 0.1) is 22.5 Å². The Morgan fingerprint density at radius 2 is 2.37 bits per heavy atom. The zero-order chi connectivity index (χ0) is 13.4. The average molecular weight is 280 g/mol. The Bertz CT molecular complexity index is 531. The van der Waals surface area contributed by atoms with Crippen LogP contribution in [0.3, 0.4) is 0 Å². The number of carbonyl (C=O) groups is 1. The molecule has 2 aliphatic carbocycles. The van der Waals surface area contributed by atoms with Crippen LogP contribution in [0.5, 0.6) is 0 Å². The lowest BCUT2D eigenvalue weighted by atomic mass is 9.81. The Kier molecular flexibility index (Phi) is 3.43. The van der Waals surface area contributed by atoms with Crippen LogP contribution in [0.25, 0.3) is 0 Å². The van der Waals surface area contributed by atoms with Gasteiger partial charge in [0.1, 0.15) is 5.82 Å². The second kappa shape index (κ2) is 5.07. The van der Waals surface area contributed by atoms with Crippen LogP contribution in [0.15, 0.2) is 0 Å². The Morgan fingerprint density at radius 3 is 2.95 bits per heavy atom. The summed E-state index contributed by atoms with van der Waals surface area (Å²) in [5, 5.41) is 9.91. The molecule has 104 valence electrons. The predicted octanol–water partition coefficient (Wildman–Crippen LogP) is 1.57. The molecule has 6 heteroatoms. The lowest BCUT2D eigenvalue weighted by molar-refractivity contribution is -0.122. The number of aromatic amines is 1. The van der Waals surface area contributed by atoms with Crippen molar-refractivity contribution < 1.29 is 4.79 Å². The van der Waals surface area contributed by atoms with E-state index in [1.807, 2.05) is 11.6 Å². The molecule has 2 saturated carbocycles. The summed E-state index contributed by atoms with van der Waals surface area (Å²) in [5.74, 6) is 2.91. The van der Waals surface area contributed by atoms with E-state index in [4.69, 9.17) is 12.2 Å². The molecule has 1 aromatic rings. The van der Waals surface area contributed by atoms with Crippen LogP contribution in [0.4, 0.5) is 0 Å². The maximum Gasteiger partial charge on any atom is 0.223 e. The lowest BCUT2D eigenvalue weighted by Gasteiger charge is -2.25. The maximum atomic E-state index is 12.0. The molecule has 2 fully saturated rings. The predicted molar refractivity (Wildman–Crippen MR) is 74.0 cm³/mol. The lowest BCUT2D eigenvalue weighted by Crippen LogP contribution is -2.29. The SMILES string of the molecule is Cn1c(CCNC(=O)[C@H]2C[C@H]2C2CCC2)n[nH]c1=S. The van der Waals surface area contributed by atoms with Crippen molar-refractivity contribution in [2.24, 2.45) is 24.8 Å². The summed E-state index contributed by atoms with van der Waals surface area (Å²) in [4.78, 5) is 12.0. The van der Waals surface area contributed by atoms with E-state index in [9.17, 15) is 4.79 Å². The van der Waals surface area contributed by atoms with Crippen LogP contribution in [0.1, 0.15) is 31.5 Å². The Morgan fingerprint density at radius 1 is 1.58 bits per heavy atom. The van der Waals surface area contributed by atoms with Crippen molar-refractivity contribution in [2.45, 2.75) is 32.1 Å². The third kappa shape index (κ3) is 2.59. The van der Waals surface area contributed by atoms with Crippen molar-refractivity contribution in [2.75, 3.05) is 6.54 Å². The highest BCUT2D eigenvalue weighted by Crippen LogP contribution is 2.51. The minimum Gasteiger partial charge on any atom is -0.355 e. The standard InChI is InChI=1S/C13H20N4OS/c1-17-11(15-16-13(17)19)5-6-14-12(18)10-7-9(10)8-3-2-4-8/h8-10H,2-7H2,1H3,(H,14,18)(H,16,19)/t9-,10-/m0/s1. The molecule has 1 heterocycles. The number of nitrogens with one attached hydrogen (secondary N) is 2. The number of carbonyl (C=O) groups excluding carboxylic acids is 1. The van der Waals surface area contributed by atoms with Crippen molar-refractivity contribution in [1.82, 2.24) is 20.1 Å². The van der Waals surface area contributed by atoms with Crippen LogP contribution in [0.2, 0.25) is 0 Å². The highest BCUT2D eigenvalue weighted by Gasteiger charge is 2.48. The first-order valence-electron chi connectivity index (χ1n) is 7.05. The fraction of sp³-hybridized carbons (Fsp3) is 0.769. The quantitative estimate of drug-likeness (QED) is 0.805. The monoisotopic (exact) mass is 280 g/mol. The van der Waals surface area contributed by atoms with Crippen LogP contribution >= 0.6 is 12.2 Å². The minimum absolute atomic E-state index is 0.230. The van der Waals surface area contributed by atoms with Gasteiger partial charge in [0.25, 0.3) is 0 Å². The summed E-state index contributed by atoms with van der Waals surface area (Å²) in [7, 11) is 1.89. The summed E-state index contributed by atoms with van der Waals surface area (Å²) >= 11 is 5.05. The molecule has 19 heavy (non-hydrogen) atoms. The van der Waals surface area contributed by atoms with Crippen molar-refractivity contribution in [3.63, 3.8) is 0 Å². The summed E-state index contributed by atoms with van der Waals surface area (Å²) in [6.45, 7) is 0.639. The molecule has 0 aromatic carbocycles. The first-order valence-corrected chi connectivity index (χ1v) is 7.45. The van der Waals surface area contributed by atoms with Crippen molar-refractivity contribution in [3.05, 3.63) is 10.6 Å². The van der Waals surface area contributed by atoms with Gasteiger partial charge in [-0.25, -0.2) is 0 Å². The van der Waals surface area contributed by atoms with Gasteiger partial charge >= 0.3 is 0 Å². The molecule has 3 rings (SSSR count). The zero-order valence-electron chi connectivity index (χ0n) is 11.2. The normalized spacial score (nSPS) is 25.9. The molecule has 5 nitrogen and oxygen atoms in total. The minimum atomic E-state index is 0.230. The number of amides is 1. The molecule has 0 radical (unpaired) electrons. The van der Waals surface area contributed by atoms with Gasteiger partial charge in [0.05, 0.1) is 0 Å². The maximum absolute atomic E-state index is 12.0. The summed E-state index contributed by atoms with van der Waals surface area (Å²) < 4.78 is 2.46. The van der Waals surface area contributed by atoms with Crippen molar-refractivity contribution >= 4 is 18.1 Å². The van der Waals surface area contributed by atoms with Crippen LogP contribution in [-0.2, 0) is 18.3 Å². The van der Waals surface area contributed by atoms with Gasteiger partial charge in [0.15, 0.2) is 4.77 Å². The van der Waals surface area contributed by atoms with Gasteiger partial charge in [-0.05, 0) is 30.5 Å². The van der Waals surface area contributed by atoms with Gasteiger partial charge in [0, 0.05) is 25.9 Å². The van der Waals surface area contributed by atoms with E-state index in [0.29, 0.717) is 17.2 Å². The molecule has 1 amide bonds. The van der Waals surface area contributed by atoms with Crippen LogP contribution < -0.4 is 5.32 Å². The van der Waals surface area contributed by atoms with Gasteiger partial charge in [-0.3, -0.25) is 9.89 Å². The summed E-state index contributed by atoms with van der Waals surface area (Å²) in [6.07, 6.45) is 5.84.